The normalized spacial score (nSPS) is 10.8. The van der Waals surface area contributed by atoms with Crippen molar-refractivity contribution in [3.63, 3.8) is 0 Å². The van der Waals surface area contributed by atoms with Crippen molar-refractivity contribution in [3.05, 3.63) is 0 Å². The van der Waals surface area contributed by atoms with E-state index >= 15 is 0 Å². The number of ketones is 1. The minimum atomic E-state index is -0.935. The SMILES string of the molecule is COC(=O)/C(=N/O)C(C)=O. The Balaban J connectivity index is 4.39. The number of carbonyl (C=O) groups excluding carboxylic acids is 2. The summed E-state index contributed by atoms with van der Waals surface area (Å²) in [5, 5.41) is 10.5. The molecule has 0 bridgehead atoms. The van der Waals surface area contributed by atoms with E-state index < -0.39 is 17.5 Å². The molecular formula is C5H7NO4. The molecule has 0 radical (unpaired) electrons. The lowest BCUT2D eigenvalue weighted by atomic mass is 10.3. The van der Waals surface area contributed by atoms with Gasteiger partial charge in [-0.25, -0.2) is 4.79 Å². The van der Waals surface area contributed by atoms with Crippen LogP contribution in [0.1, 0.15) is 6.92 Å². The molecule has 5 nitrogen and oxygen atoms in total. The van der Waals surface area contributed by atoms with E-state index in [2.05, 4.69) is 9.89 Å². The Morgan fingerprint density at radius 1 is 1.50 bits per heavy atom. The van der Waals surface area contributed by atoms with Gasteiger partial charge in [0.1, 0.15) is 0 Å². The molecule has 0 aliphatic carbocycles. The third-order valence-electron chi connectivity index (χ3n) is 0.812. The number of esters is 1. The summed E-state index contributed by atoms with van der Waals surface area (Å²) >= 11 is 0. The number of rotatable bonds is 2. The van der Waals surface area contributed by atoms with E-state index in [0.717, 1.165) is 14.0 Å². The first kappa shape index (κ1) is 8.61. The van der Waals surface area contributed by atoms with E-state index in [1.807, 2.05) is 0 Å². The van der Waals surface area contributed by atoms with Gasteiger partial charge in [0, 0.05) is 6.92 Å². The third-order valence-corrected chi connectivity index (χ3v) is 0.812. The smallest absolute Gasteiger partial charge is 0.363 e. The van der Waals surface area contributed by atoms with Gasteiger partial charge in [-0.2, -0.15) is 0 Å². The second-order valence-electron chi connectivity index (χ2n) is 1.50. The molecular weight excluding hydrogens is 138 g/mol. The number of hydrogen-bond donors (Lipinski definition) is 1. The Morgan fingerprint density at radius 3 is 2.10 bits per heavy atom. The number of oxime groups is 1. The molecule has 5 heteroatoms. The van der Waals surface area contributed by atoms with Gasteiger partial charge >= 0.3 is 5.97 Å². The second kappa shape index (κ2) is 3.60. The van der Waals surface area contributed by atoms with Crippen molar-refractivity contribution < 1.29 is 19.5 Å². The van der Waals surface area contributed by atoms with Gasteiger partial charge in [0.2, 0.25) is 5.71 Å². The zero-order valence-electron chi connectivity index (χ0n) is 5.62. The quantitative estimate of drug-likeness (QED) is 0.188. The number of nitrogens with zero attached hydrogens (tertiary/aromatic N) is 1. The molecule has 0 aromatic heterocycles. The predicted octanol–water partition coefficient (Wildman–Crippen LogP) is -0.421. The predicted molar refractivity (Wildman–Crippen MR) is 31.9 cm³/mol. The van der Waals surface area contributed by atoms with Gasteiger partial charge in [-0.05, 0) is 0 Å². The minimum absolute atomic E-state index is 0.595. The minimum Gasteiger partial charge on any atom is -0.464 e. The fourth-order valence-electron chi connectivity index (χ4n) is 0.352. The van der Waals surface area contributed by atoms with Crippen LogP contribution in [-0.2, 0) is 14.3 Å². The summed E-state index contributed by atoms with van der Waals surface area (Å²) in [5.41, 5.74) is -0.595. The van der Waals surface area contributed by atoms with Crippen molar-refractivity contribution in [1.82, 2.24) is 0 Å². The summed E-state index contributed by atoms with van der Waals surface area (Å²) in [6, 6.07) is 0. The first-order chi connectivity index (χ1) is 4.63. The Morgan fingerprint density at radius 2 is 2.00 bits per heavy atom. The van der Waals surface area contributed by atoms with Crippen molar-refractivity contribution in [2.75, 3.05) is 7.11 Å². The zero-order chi connectivity index (χ0) is 8.15. The van der Waals surface area contributed by atoms with Crippen LogP contribution in [0.5, 0.6) is 0 Å². The Hall–Kier alpha value is -1.39. The number of Topliss-reactive ketones (excluding diaryl/α,β-unsaturated/α-hetero) is 1. The van der Waals surface area contributed by atoms with Gasteiger partial charge < -0.3 is 9.94 Å². The van der Waals surface area contributed by atoms with Gasteiger partial charge in [0.15, 0.2) is 5.78 Å². The highest BCUT2D eigenvalue weighted by atomic mass is 16.5. The molecule has 0 heterocycles. The Kier molecular flexibility index (Phi) is 3.10. The molecule has 0 aliphatic heterocycles. The van der Waals surface area contributed by atoms with Gasteiger partial charge in [-0.15, -0.1) is 0 Å². The first-order valence-corrected chi connectivity index (χ1v) is 2.44. The van der Waals surface area contributed by atoms with Crippen LogP contribution in [0.2, 0.25) is 0 Å². The van der Waals surface area contributed by atoms with Gasteiger partial charge in [0.25, 0.3) is 0 Å². The van der Waals surface area contributed by atoms with Gasteiger partial charge in [-0.1, -0.05) is 5.16 Å². The molecule has 1 N–H and O–H groups in total. The van der Waals surface area contributed by atoms with Crippen LogP contribution in [0, 0.1) is 0 Å². The molecule has 0 spiro atoms. The molecule has 0 unspecified atom stereocenters. The van der Waals surface area contributed by atoms with Crippen molar-refractivity contribution in [2.45, 2.75) is 6.92 Å². The van der Waals surface area contributed by atoms with Crippen LogP contribution in [0.25, 0.3) is 0 Å². The van der Waals surface area contributed by atoms with Crippen molar-refractivity contribution in [3.8, 4) is 0 Å². The second-order valence-corrected chi connectivity index (χ2v) is 1.50. The molecule has 10 heavy (non-hydrogen) atoms. The van der Waals surface area contributed by atoms with Crippen molar-refractivity contribution in [1.29, 1.82) is 0 Å². The van der Waals surface area contributed by atoms with Gasteiger partial charge in [-0.3, -0.25) is 4.79 Å². The van der Waals surface area contributed by atoms with Crippen molar-refractivity contribution >= 4 is 17.5 Å². The lowest BCUT2D eigenvalue weighted by molar-refractivity contribution is -0.133. The average Bonchev–Trinajstić information content (AvgIpc) is 1.88. The fraction of sp³-hybridized carbons (Fsp3) is 0.400. The average molecular weight is 145 g/mol. The summed E-state index contributed by atoms with van der Waals surface area (Å²) in [5.74, 6) is -1.57. The molecule has 0 aromatic carbocycles. The molecule has 0 aliphatic rings. The standard InChI is InChI=1S/C5H7NO4/c1-3(7)4(6-9)5(8)10-2/h9H,1-2H3/b6-4+. The fourth-order valence-corrected chi connectivity index (χ4v) is 0.352. The molecule has 0 atom stereocenters. The summed E-state index contributed by atoms with van der Waals surface area (Å²) in [6.45, 7) is 1.10. The monoisotopic (exact) mass is 145 g/mol. The van der Waals surface area contributed by atoms with Crippen LogP contribution < -0.4 is 0 Å². The van der Waals surface area contributed by atoms with E-state index in [1.165, 1.54) is 0 Å². The van der Waals surface area contributed by atoms with Crippen LogP contribution in [-0.4, -0.2) is 29.8 Å². The topological polar surface area (TPSA) is 76.0 Å². The van der Waals surface area contributed by atoms with E-state index in [4.69, 9.17) is 5.21 Å². The lowest BCUT2D eigenvalue weighted by Crippen LogP contribution is -2.22. The summed E-state index contributed by atoms with van der Waals surface area (Å²) in [6.07, 6.45) is 0. The third kappa shape index (κ3) is 1.85. The molecule has 0 saturated heterocycles. The highest BCUT2D eigenvalue weighted by Gasteiger charge is 2.16. The molecule has 56 valence electrons. The number of methoxy groups -OCH3 is 1. The summed E-state index contributed by atoms with van der Waals surface area (Å²) < 4.78 is 4.11. The van der Waals surface area contributed by atoms with Gasteiger partial charge in [0.05, 0.1) is 7.11 Å². The zero-order valence-corrected chi connectivity index (χ0v) is 5.62. The number of hydrogen-bond acceptors (Lipinski definition) is 5. The maximum Gasteiger partial charge on any atom is 0.363 e. The highest BCUT2D eigenvalue weighted by molar-refractivity contribution is 6.63. The summed E-state index contributed by atoms with van der Waals surface area (Å²) in [4.78, 5) is 20.8. The number of carbonyl (C=O) groups is 2. The van der Waals surface area contributed by atoms with E-state index in [1.54, 1.807) is 0 Å². The highest BCUT2D eigenvalue weighted by Crippen LogP contribution is 1.83. The molecule has 0 fully saturated rings. The van der Waals surface area contributed by atoms with Crippen LogP contribution in [0.15, 0.2) is 5.16 Å². The lowest BCUT2D eigenvalue weighted by Gasteiger charge is -1.94. The Bertz CT molecular complexity index is 184. The molecule has 0 amide bonds. The van der Waals surface area contributed by atoms with Crippen LogP contribution in [0.4, 0.5) is 0 Å². The molecule has 0 saturated carbocycles. The maximum atomic E-state index is 10.5. The molecule has 0 rings (SSSR count). The largest absolute Gasteiger partial charge is 0.464 e. The number of ether oxygens (including phenoxy) is 1. The first-order valence-electron chi connectivity index (χ1n) is 2.44. The Labute approximate surface area is 57.3 Å². The van der Waals surface area contributed by atoms with Crippen molar-refractivity contribution in [2.24, 2.45) is 5.16 Å². The maximum absolute atomic E-state index is 10.5. The van der Waals surface area contributed by atoms with Crippen LogP contribution in [0.3, 0.4) is 0 Å². The van der Waals surface area contributed by atoms with Crippen LogP contribution >= 0.6 is 0 Å². The molecule has 0 aromatic rings. The summed E-state index contributed by atoms with van der Waals surface area (Å²) in [7, 11) is 1.09. The van der Waals surface area contributed by atoms with E-state index in [-0.39, 0.29) is 0 Å². The van der Waals surface area contributed by atoms with E-state index in [0.29, 0.717) is 0 Å². The van der Waals surface area contributed by atoms with E-state index in [9.17, 15) is 9.59 Å².